The number of aromatic hydroxyl groups is 2. The molecule has 0 unspecified atom stereocenters. The average molecular weight is 423 g/mol. The molecular formula is C27H38N2O2. The number of hydrogen-bond acceptors (Lipinski definition) is 4. The van der Waals surface area contributed by atoms with Gasteiger partial charge in [-0.25, -0.2) is 0 Å². The van der Waals surface area contributed by atoms with Gasteiger partial charge in [-0.3, -0.25) is 9.98 Å². The van der Waals surface area contributed by atoms with E-state index < -0.39 is 0 Å². The van der Waals surface area contributed by atoms with Crippen LogP contribution in [-0.4, -0.2) is 35.7 Å². The van der Waals surface area contributed by atoms with Crippen LogP contribution in [-0.2, 0) is 12.8 Å². The number of rotatable bonds is 10. The van der Waals surface area contributed by atoms with E-state index in [0.29, 0.717) is 36.4 Å². The maximum absolute atomic E-state index is 10.5. The zero-order valence-corrected chi connectivity index (χ0v) is 19.9. The summed E-state index contributed by atoms with van der Waals surface area (Å²) in [5.74, 6) is 1.49. The summed E-state index contributed by atoms with van der Waals surface area (Å²) in [5.41, 5.74) is 5.94. The van der Waals surface area contributed by atoms with Crippen LogP contribution >= 0.6 is 0 Å². The van der Waals surface area contributed by atoms with E-state index in [1.165, 1.54) is 11.1 Å². The minimum atomic E-state index is 0.334. The Morgan fingerprint density at radius 1 is 0.710 bits per heavy atom. The smallest absolute Gasteiger partial charge is 0.127 e. The highest BCUT2D eigenvalue weighted by atomic mass is 16.3. The number of aryl methyl sites for hydroxylation is 2. The monoisotopic (exact) mass is 422 g/mol. The normalized spacial score (nSPS) is 12.1. The molecule has 0 bridgehead atoms. The SMILES string of the molecule is CCc1cc(C(C)C)cc(C=NCCCN=Cc2cc(C(C)C)cc(CC)c2O)c1O. The summed E-state index contributed by atoms with van der Waals surface area (Å²) < 4.78 is 0. The van der Waals surface area contributed by atoms with Gasteiger partial charge in [0.25, 0.3) is 0 Å². The minimum Gasteiger partial charge on any atom is -0.507 e. The number of phenols is 2. The van der Waals surface area contributed by atoms with Crippen LogP contribution in [0.1, 0.15) is 93.2 Å². The van der Waals surface area contributed by atoms with Crippen LogP contribution in [0.5, 0.6) is 11.5 Å². The highest BCUT2D eigenvalue weighted by Crippen LogP contribution is 2.28. The lowest BCUT2D eigenvalue weighted by Crippen LogP contribution is -1.97. The first kappa shape index (κ1) is 24.6. The lowest BCUT2D eigenvalue weighted by Gasteiger charge is -2.12. The zero-order valence-electron chi connectivity index (χ0n) is 19.9. The van der Waals surface area contributed by atoms with E-state index in [-0.39, 0.29) is 0 Å². The summed E-state index contributed by atoms with van der Waals surface area (Å²) in [6.45, 7) is 14.0. The Morgan fingerprint density at radius 2 is 1.10 bits per heavy atom. The van der Waals surface area contributed by atoms with Crippen molar-refractivity contribution in [2.45, 2.75) is 72.6 Å². The fraction of sp³-hybridized carbons (Fsp3) is 0.481. The van der Waals surface area contributed by atoms with E-state index in [4.69, 9.17) is 0 Å². The van der Waals surface area contributed by atoms with Crippen LogP contribution in [0.4, 0.5) is 0 Å². The average Bonchev–Trinajstić information content (AvgIpc) is 2.74. The Kier molecular flexibility index (Phi) is 9.29. The Hall–Kier alpha value is -2.62. The topological polar surface area (TPSA) is 65.2 Å². The molecule has 4 nitrogen and oxygen atoms in total. The Morgan fingerprint density at radius 3 is 1.42 bits per heavy atom. The van der Waals surface area contributed by atoms with Gasteiger partial charge >= 0.3 is 0 Å². The van der Waals surface area contributed by atoms with Crippen molar-refractivity contribution in [3.63, 3.8) is 0 Å². The Labute approximate surface area is 187 Å². The highest BCUT2D eigenvalue weighted by molar-refractivity contribution is 5.85. The minimum absolute atomic E-state index is 0.334. The molecule has 2 aromatic carbocycles. The number of hydrogen-bond donors (Lipinski definition) is 2. The van der Waals surface area contributed by atoms with Crippen molar-refractivity contribution in [3.05, 3.63) is 57.6 Å². The van der Waals surface area contributed by atoms with Gasteiger partial charge in [0, 0.05) is 36.6 Å². The first-order chi connectivity index (χ1) is 14.8. The molecule has 2 rings (SSSR count). The number of nitrogens with zero attached hydrogens (tertiary/aromatic N) is 2. The largest absolute Gasteiger partial charge is 0.507 e. The van der Waals surface area contributed by atoms with Crippen LogP contribution in [0.2, 0.25) is 0 Å². The van der Waals surface area contributed by atoms with E-state index >= 15 is 0 Å². The van der Waals surface area contributed by atoms with E-state index in [1.54, 1.807) is 12.4 Å². The summed E-state index contributed by atoms with van der Waals surface area (Å²) >= 11 is 0. The fourth-order valence-corrected chi connectivity index (χ4v) is 3.47. The molecule has 0 aliphatic rings. The van der Waals surface area contributed by atoms with Gasteiger partial charge in [-0.05, 0) is 65.5 Å². The van der Waals surface area contributed by atoms with Crippen LogP contribution < -0.4 is 0 Å². The van der Waals surface area contributed by atoms with Gasteiger partial charge in [0.05, 0.1) is 0 Å². The van der Waals surface area contributed by atoms with E-state index in [0.717, 1.165) is 41.5 Å². The van der Waals surface area contributed by atoms with Crippen LogP contribution in [0.3, 0.4) is 0 Å². The summed E-state index contributed by atoms with van der Waals surface area (Å²) in [6.07, 6.45) is 5.95. The van der Waals surface area contributed by atoms with Crippen LogP contribution in [0.25, 0.3) is 0 Å². The molecule has 0 aliphatic heterocycles. The predicted octanol–water partition coefficient (Wildman–Crippen LogP) is 6.40. The summed E-state index contributed by atoms with van der Waals surface area (Å²) in [5, 5.41) is 20.9. The number of aliphatic imine (C=N–C) groups is 2. The molecule has 0 radical (unpaired) electrons. The van der Waals surface area contributed by atoms with Crippen molar-refractivity contribution in [3.8, 4) is 11.5 Å². The Bertz CT molecular complexity index is 852. The predicted molar refractivity (Wildman–Crippen MR) is 133 cm³/mol. The fourth-order valence-electron chi connectivity index (χ4n) is 3.47. The summed E-state index contributed by atoms with van der Waals surface area (Å²) in [6, 6.07) is 8.21. The third-order valence-electron chi connectivity index (χ3n) is 5.61. The van der Waals surface area contributed by atoms with Crippen LogP contribution in [0, 0.1) is 0 Å². The third kappa shape index (κ3) is 6.68. The summed E-state index contributed by atoms with van der Waals surface area (Å²) in [7, 11) is 0. The maximum Gasteiger partial charge on any atom is 0.127 e. The Balaban J connectivity index is 1.99. The highest BCUT2D eigenvalue weighted by Gasteiger charge is 2.10. The van der Waals surface area contributed by atoms with Gasteiger partial charge in [0.2, 0.25) is 0 Å². The molecule has 0 saturated heterocycles. The second kappa shape index (κ2) is 11.7. The van der Waals surface area contributed by atoms with Gasteiger partial charge in [0.15, 0.2) is 0 Å². The van der Waals surface area contributed by atoms with Crippen molar-refractivity contribution in [1.29, 1.82) is 0 Å². The molecule has 2 aromatic rings. The van der Waals surface area contributed by atoms with Crippen molar-refractivity contribution in [2.24, 2.45) is 9.98 Å². The molecular weight excluding hydrogens is 384 g/mol. The first-order valence-electron chi connectivity index (χ1n) is 11.5. The molecule has 2 N–H and O–H groups in total. The molecule has 0 spiro atoms. The first-order valence-corrected chi connectivity index (χ1v) is 11.5. The third-order valence-corrected chi connectivity index (χ3v) is 5.61. The second-order valence-electron chi connectivity index (χ2n) is 8.68. The standard InChI is InChI=1S/C27H38N2O2/c1-7-20-12-22(18(3)4)14-24(26(20)30)16-28-10-9-11-29-17-25-15-23(19(5)6)13-21(8-2)27(25)31/h12-19,30-31H,7-11H2,1-6H3. The molecule has 0 aliphatic carbocycles. The molecule has 0 atom stereocenters. The summed E-state index contributed by atoms with van der Waals surface area (Å²) in [4.78, 5) is 8.99. The number of phenolic OH excluding ortho intramolecular Hbond substituents is 2. The quantitative estimate of drug-likeness (QED) is 0.344. The second-order valence-corrected chi connectivity index (χ2v) is 8.68. The molecule has 0 aromatic heterocycles. The maximum atomic E-state index is 10.5. The van der Waals surface area contributed by atoms with E-state index in [9.17, 15) is 10.2 Å². The van der Waals surface area contributed by atoms with E-state index in [1.807, 2.05) is 12.1 Å². The van der Waals surface area contributed by atoms with Gasteiger partial charge in [-0.2, -0.15) is 0 Å². The van der Waals surface area contributed by atoms with Crippen molar-refractivity contribution in [2.75, 3.05) is 13.1 Å². The molecule has 31 heavy (non-hydrogen) atoms. The lowest BCUT2D eigenvalue weighted by molar-refractivity contribution is 0.467. The van der Waals surface area contributed by atoms with Crippen molar-refractivity contribution < 1.29 is 10.2 Å². The molecule has 0 fully saturated rings. The molecule has 4 heteroatoms. The van der Waals surface area contributed by atoms with E-state index in [2.05, 4.69) is 63.7 Å². The van der Waals surface area contributed by atoms with Gasteiger partial charge < -0.3 is 10.2 Å². The van der Waals surface area contributed by atoms with Gasteiger partial charge in [0.1, 0.15) is 11.5 Å². The van der Waals surface area contributed by atoms with Crippen molar-refractivity contribution >= 4 is 12.4 Å². The molecule has 0 heterocycles. The van der Waals surface area contributed by atoms with Gasteiger partial charge in [-0.1, -0.05) is 53.7 Å². The molecule has 0 saturated carbocycles. The molecule has 168 valence electrons. The van der Waals surface area contributed by atoms with Gasteiger partial charge in [-0.15, -0.1) is 0 Å². The molecule has 0 amide bonds. The van der Waals surface area contributed by atoms with Crippen LogP contribution in [0.15, 0.2) is 34.3 Å². The zero-order chi connectivity index (χ0) is 23.0. The van der Waals surface area contributed by atoms with Crippen molar-refractivity contribution in [1.82, 2.24) is 0 Å². The lowest BCUT2D eigenvalue weighted by atomic mass is 9.96. The number of benzene rings is 2.